The highest BCUT2D eigenvalue weighted by Gasteiger charge is 2.16. The maximum Gasteiger partial charge on any atom is 0.269 e. The number of benzene rings is 2. The van der Waals surface area contributed by atoms with Crippen LogP contribution >= 0.6 is 0 Å². The lowest BCUT2D eigenvalue weighted by atomic mass is 10.2. The minimum atomic E-state index is -3.83. The van der Waals surface area contributed by atoms with Gasteiger partial charge < -0.3 is 10.1 Å². The van der Waals surface area contributed by atoms with Crippen molar-refractivity contribution in [2.24, 2.45) is 0 Å². The highest BCUT2D eigenvalue weighted by molar-refractivity contribution is 7.89. The first-order valence-corrected chi connectivity index (χ1v) is 8.99. The summed E-state index contributed by atoms with van der Waals surface area (Å²) < 4.78 is 31.6. The molecule has 2 N–H and O–H groups in total. The Morgan fingerprint density at radius 2 is 1.77 bits per heavy atom. The number of amides is 1. The fourth-order valence-corrected chi connectivity index (χ4v) is 3.15. The molecule has 2 rings (SSSR count). The zero-order valence-electron chi connectivity index (χ0n) is 13.8. The number of hydrogen-bond acceptors (Lipinski definition) is 6. The SMILES string of the molecule is COc1ccccc1C(=O)NCCNS(=O)(=O)c1ccc([N+](=O)[O-])cc1. The summed E-state index contributed by atoms with van der Waals surface area (Å²) >= 11 is 0. The van der Waals surface area contributed by atoms with E-state index in [1.165, 1.54) is 7.11 Å². The van der Waals surface area contributed by atoms with Gasteiger partial charge in [-0.3, -0.25) is 14.9 Å². The largest absolute Gasteiger partial charge is 0.496 e. The molecule has 26 heavy (non-hydrogen) atoms. The molecule has 0 saturated carbocycles. The van der Waals surface area contributed by atoms with Crippen molar-refractivity contribution in [2.75, 3.05) is 20.2 Å². The Labute approximate surface area is 150 Å². The van der Waals surface area contributed by atoms with Crippen LogP contribution in [-0.2, 0) is 10.0 Å². The molecule has 2 aromatic rings. The Morgan fingerprint density at radius 1 is 1.12 bits per heavy atom. The minimum Gasteiger partial charge on any atom is -0.496 e. The number of nitrogens with one attached hydrogen (secondary N) is 2. The summed E-state index contributed by atoms with van der Waals surface area (Å²) in [6.45, 7) is 0.0172. The third kappa shape index (κ3) is 4.77. The standard InChI is InChI=1S/C16H17N3O6S/c1-25-15-5-3-2-4-14(15)16(20)17-10-11-18-26(23,24)13-8-6-12(7-9-13)19(21)22/h2-9,18H,10-11H2,1H3,(H,17,20). The van der Waals surface area contributed by atoms with Crippen molar-refractivity contribution in [1.29, 1.82) is 0 Å². The van der Waals surface area contributed by atoms with Crippen molar-refractivity contribution in [3.63, 3.8) is 0 Å². The van der Waals surface area contributed by atoms with E-state index in [9.17, 15) is 23.3 Å². The number of non-ortho nitro benzene ring substituents is 1. The van der Waals surface area contributed by atoms with Gasteiger partial charge in [0.25, 0.3) is 11.6 Å². The maximum absolute atomic E-state index is 12.1. The van der Waals surface area contributed by atoms with Crippen molar-refractivity contribution in [3.8, 4) is 5.75 Å². The lowest BCUT2D eigenvalue weighted by Gasteiger charge is -2.10. The van der Waals surface area contributed by atoms with Crippen molar-refractivity contribution in [1.82, 2.24) is 10.0 Å². The van der Waals surface area contributed by atoms with E-state index < -0.39 is 20.9 Å². The van der Waals surface area contributed by atoms with E-state index in [1.54, 1.807) is 24.3 Å². The van der Waals surface area contributed by atoms with Crippen molar-refractivity contribution in [2.45, 2.75) is 4.90 Å². The molecule has 0 unspecified atom stereocenters. The molecule has 0 heterocycles. The van der Waals surface area contributed by atoms with Crippen LogP contribution in [0.2, 0.25) is 0 Å². The Kier molecular flexibility index (Phi) is 6.26. The molecule has 1 amide bonds. The first kappa shape index (κ1) is 19.3. The topological polar surface area (TPSA) is 128 Å². The van der Waals surface area contributed by atoms with Gasteiger partial charge in [-0.25, -0.2) is 13.1 Å². The first-order chi connectivity index (χ1) is 12.3. The summed E-state index contributed by atoms with van der Waals surface area (Å²) in [6.07, 6.45) is 0. The van der Waals surface area contributed by atoms with E-state index in [0.29, 0.717) is 11.3 Å². The predicted octanol–water partition coefficient (Wildman–Crippen LogP) is 1.31. The highest BCUT2D eigenvalue weighted by atomic mass is 32.2. The molecule has 0 spiro atoms. The van der Waals surface area contributed by atoms with Crippen LogP contribution in [0.25, 0.3) is 0 Å². The second-order valence-electron chi connectivity index (χ2n) is 5.10. The number of hydrogen-bond donors (Lipinski definition) is 2. The number of para-hydroxylation sites is 1. The molecule has 0 radical (unpaired) electrons. The van der Waals surface area contributed by atoms with Crippen LogP contribution in [-0.4, -0.2) is 39.4 Å². The third-order valence-electron chi connectivity index (χ3n) is 3.41. The molecule has 0 saturated heterocycles. The molecule has 0 aliphatic carbocycles. The Balaban J connectivity index is 1.90. The molecular formula is C16H17N3O6S. The van der Waals surface area contributed by atoms with Crippen molar-refractivity contribution in [3.05, 3.63) is 64.2 Å². The van der Waals surface area contributed by atoms with Crippen LogP contribution in [0.3, 0.4) is 0 Å². The van der Waals surface area contributed by atoms with Gasteiger partial charge in [0.05, 0.1) is 22.5 Å². The first-order valence-electron chi connectivity index (χ1n) is 7.50. The molecule has 0 atom stereocenters. The van der Waals surface area contributed by atoms with Crippen LogP contribution in [0.4, 0.5) is 5.69 Å². The number of rotatable bonds is 8. The van der Waals surface area contributed by atoms with Crippen molar-refractivity contribution >= 4 is 21.6 Å². The minimum absolute atomic E-state index is 0.0415. The molecule has 0 aromatic heterocycles. The molecule has 0 fully saturated rings. The summed E-state index contributed by atoms with van der Waals surface area (Å²) in [4.78, 5) is 22.0. The summed E-state index contributed by atoms with van der Waals surface area (Å²) in [5, 5.41) is 13.2. The monoisotopic (exact) mass is 379 g/mol. The molecule has 9 nitrogen and oxygen atoms in total. The van der Waals surface area contributed by atoms with Crippen LogP contribution in [0.15, 0.2) is 53.4 Å². The molecule has 0 aliphatic rings. The number of nitro benzene ring substituents is 1. The number of nitrogens with zero attached hydrogens (tertiary/aromatic N) is 1. The number of carbonyl (C=O) groups excluding carboxylic acids is 1. The summed E-state index contributed by atoms with van der Waals surface area (Å²) in [7, 11) is -2.38. The zero-order chi connectivity index (χ0) is 19.2. The normalized spacial score (nSPS) is 11.0. The maximum atomic E-state index is 12.1. The second kappa shape index (κ2) is 8.41. The Hall–Kier alpha value is -2.98. The fraction of sp³-hybridized carbons (Fsp3) is 0.188. The van der Waals surface area contributed by atoms with Crippen LogP contribution in [0.1, 0.15) is 10.4 Å². The van der Waals surface area contributed by atoms with E-state index in [0.717, 1.165) is 24.3 Å². The molecule has 0 aliphatic heterocycles. The Morgan fingerprint density at radius 3 is 2.38 bits per heavy atom. The molecule has 0 bridgehead atoms. The molecular weight excluding hydrogens is 362 g/mol. The van der Waals surface area contributed by atoms with E-state index >= 15 is 0 Å². The molecule has 10 heteroatoms. The zero-order valence-corrected chi connectivity index (χ0v) is 14.7. The van der Waals surface area contributed by atoms with Gasteiger partial charge in [0, 0.05) is 25.2 Å². The summed E-state index contributed by atoms with van der Waals surface area (Å²) in [5.41, 5.74) is 0.140. The van der Waals surface area contributed by atoms with Crippen LogP contribution in [0.5, 0.6) is 5.75 Å². The van der Waals surface area contributed by atoms with Gasteiger partial charge in [-0.2, -0.15) is 0 Å². The number of carbonyl (C=O) groups is 1. The Bertz CT molecular complexity index is 896. The van der Waals surface area contributed by atoms with Gasteiger partial charge in [0.2, 0.25) is 10.0 Å². The van der Waals surface area contributed by atoms with Gasteiger partial charge in [0.1, 0.15) is 5.75 Å². The predicted molar refractivity (Wildman–Crippen MR) is 93.6 cm³/mol. The quantitative estimate of drug-likeness (QED) is 0.404. The second-order valence-corrected chi connectivity index (χ2v) is 6.87. The fourth-order valence-electron chi connectivity index (χ4n) is 2.12. The van der Waals surface area contributed by atoms with Gasteiger partial charge in [-0.15, -0.1) is 0 Å². The number of ether oxygens (including phenoxy) is 1. The van der Waals surface area contributed by atoms with Gasteiger partial charge in [-0.1, -0.05) is 12.1 Å². The smallest absolute Gasteiger partial charge is 0.269 e. The average Bonchev–Trinajstić information content (AvgIpc) is 2.65. The summed E-state index contributed by atoms with van der Waals surface area (Å²) in [6, 6.07) is 11.2. The number of nitro groups is 1. The van der Waals surface area contributed by atoms with E-state index in [1.807, 2.05) is 0 Å². The number of methoxy groups -OCH3 is 1. The van der Waals surface area contributed by atoms with Gasteiger partial charge in [0.15, 0.2) is 0 Å². The van der Waals surface area contributed by atoms with E-state index in [2.05, 4.69) is 10.0 Å². The van der Waals surface area contributed by atoms with Gasteiger partial charge in [-0.05, 0) is 24.3 Å². The average molecular weight is 379 g/mol. The molecule has 2 aromatic carbocycles. The highest BCUT2D eigenvalue weighted by Crippen LogP contribution is 2.17. The lowest BCUT2D eigenvalue weighted by molar-refractivity contribution is -0.384. The number of sulfonamides is 1. The van der Waals surface area contributed by atoms with Gasteiger partial charge >= 0.3 is 0 Å². The van der Waals surface area contributed by atoms with E-state index in [4.69, 9.17) is 4.74 Å². The third-order valence-corrected chi connectivity index (χ3v) is 4.89. The van der Waals surface area contributed by atoms with E-state index in [-0.39, 0.29) is 23.7 Å². The summed E-state index contributed by atoms with van der Waals surface area (Å²) in [5.74, 6) is 0.0217. The van der Waals surface area contributed by atoms with Crippen LogP contribution in [0, 0.1) is 10.1 Å². The van der Waals surface area contributed by atoms with Crippen molar-refractivity contribution < 1.29 is 22.9 Å². The molecule has 138 valence electrons. The lowest BCUT2D eigenvalue weighted by Crippen LogP contribution is -2.34. The van der Waals surface area contributed by atoms with Crippen LogP contribution < -0.4 is 14.8 Å².